The summed E-state index contributed by atoms with van der Waals surface area (Å²) in [5, 5.41) is 0. The summed E-state index contributed by atoms with van der Waals surface area (Å²) in [5.41, 5.74) is 8.07. The molecule has 0 amide bonds. The Morgan fingerprint density at radius 3 is 2.00 bits per heavy atom. The van der Waals surface area contributed by atoms with Crippen LogP contribution >= 0.6 is 12.5 Å². The minimum Gasteiger partial charge on any atom is -0.698 e. The molecule has 0 aromatic heterocycles. The molecule has 0 saturated carbocycles. The molecule has 0 bridgehead atoms. The van der Waals surface area contributed by atoms with Crippen LogP contribution in [-0.4, -0.2) is 12.3 Å². The van der Waals surface area contributed by atoms with Gasteiger partial charge in [0.15, 0.2) is 12.3 Å². The molecular formula is C10H15BNOSUV. The first-order valence-electron chi connectivity index (χ1n) is 3.87. The Hall–Kier alpha value is 0.741. The van der Waals surface area contributed by atoms with Gasteiger partial charge in [0.1, 0.15) is 0 Å². The number of rotatable bonds is 1. The number of carbonyl (C=O) groups excluding carboxylic acids is 1. The molecule has 0 spiro atoms. The van der Waals surface area contributed by atoms with E-state index in [1.165, 1.54) is 6.92 Å². The van der Waals surface area contributed by atoms with Gasteiger partial charge in [-0.25, -0.2) is 12.5 Å². The molecule has 0 aliphatic rings. The number of Topliss-reactive ketones (excluding diaryl/α,β-unsaturated/α-hetero) is 1. The quantitative estimate of drug-likeness (QED) is 0.274. The first kappa shape index (κ1) is 25.6. The van der Waals surface area contributed by atoms with Crippen LogP contribution in [0.15, 0.2) is 24.3 Å². The Bertz CT molecular complexity index is 289. The minimum atomic E-state index is -0.0504. The summed E-state index contributed by atoms with van der Waals surface area (Å²) in [6.07, 6.45) is 0. The molecule has 0 fully saturated rings. The summed E-state index contributed by atoms with van der Waals surface area (Å²) in [5.74, 6) is -0.0504. The minimum absolute atomic E-state index is 0. The zero-order chi connectivity index (χ0) is 10.3. The predicted octanol–water partition coefficient (Wildman–Crippen LogP) is 3.60. The molecule has 16 heavy (non-hydrogen) atoms. The van der Waals surface area contributed by atoms with Crippen molar-refractivity contribution >= 4 is 30.5 Å². The van der Waals surface area contributed by atoms with Crippen LogP contribution in [0.5, 0.6) is 0 Å². The third kappa shape index (κ3) is 11.2. The maximum atomic E-state index is 10.7. The van der Waals surface area contributed by atoms with Gasteiger partial charge in [-0.05, 0) is 6.92 Å². The van der Waals surface area contributed by atoms with Crippen molar-refractivity contribution in [2.24, 2.45) is 0 Å². The molecule has 0 aliphatic carbocycles. The van der Waals surface area contributed by atoms with Crippen LogP contribution in [0.4, 0.5) is 5.69 Å². The van der Waals surface area contributed by atoms with Crippen molar-refractivity contribution < 1.29 is 54.5 Å². The van der Waals surface area contributed by atoms with Crippen molar-refractivity contribution in [3.8, 4) is 0 Å². The van der Waals surface area contributed by atoms with E-state index in [0.717, 1.165) is 0 Å². The van der Waals surface area contributed by atoms with Gasteiger partial charge in [0.2, 0.25) is 0 Å². The summed E-state index contributed by atoms with van der Waals surface area (Å²) in [6.45, 7) is 5.02. The zero-order valence-electron chi connectivity index (χ0n) is 9.69. The summed E-state index contributed by atoms with van der Waals surface area (Å²) < 4.78 is 0. The molecule has 1 rings (SSSR count). The number of ketones is 1. The smallest absolute Gasteiger partial charge is 0.698 e. The van der Waals surface area contributed by atoms with E-state index in [1.807, 2.05) is 6.82 Å². The molecule has 2 nitrogen and oxygen atoms in total. The summed E-state index contributed by atoms with van der Waals surface area (Å²) in [6, 6.07) is 6.77. The summed E-state index contributed by atoms with van der Waals surface area (Å²) >= 11 is 3.66. The molecule has 1 N–H and O–H groups in total. The average molecular weight is 497 g/mol. The normalized spacial score (nSPS) is 6.69. The first-order valence-corrected chi connectivity index (χ1v) is 4.38. The number of hydrogen-bond acceptors (Lipinski definition) is 2. The standard InChI is InChI=1S/C8H9NO.CH4BS.CH3.U.V/c1-6(10)7-4-2-3-5-8(7)9;1-2-3;;;/h2-5H,1H3,(H2,9,10);3H,1H3;1H3;;/q;;-1;;+2/p-1. The van der Waals surface area contributed by atoms with Crippen LogP contribution in [0.1, 0.15) is 17.3 Å². The van der Waals surface area contributed by atoms with E-state index in [2.05, 4.69) is 12.5 Å². The molecule has 0 unspecified atom stereocenters. The molecule has 2 radical (unpaired) electrons. The van der Waals surface area contributed by atoms with Gasteiger partial charge in [-0.2, -0.15) is 0 Å². The zero-order valence-corrected chi connectivity index (χ0v) is 16.1. The number of nitrogens with one attached hydrogen (secondary N) is 1. The number of thiol groups is 1. The van der Waals surface area contributed by atoms with Crippen LogP contribution in [-0.2, 0) is 18.6 Å². The van der Waals surface area contributed by atoms with E-state index in [1.54, 1.807) is 30.8 Å². The maximum Gasteiger partial charge on any atom is 2.00 e. The fourth-order valence-electron chi connectivity index (χ4n) is 0.790. The third-order valence-electron chi connectivity index (χ3n) is 1.31. The molecule has 0 aliphatic heterocycles. The van der Waals surface area contributed by atoms with Gasteiger partial charge in [0.05, 0.1) is 0 Å². The molecule has 84 valence electrons. The molecule has 0 saturated heterocycles. The fraction of sp³-hybridized carbons (Fsp3) is 0.200. The van der Waals surface area contributed by atoms with Crippen LogP contribution in [0.2, 0.25) is 6.82 Å². The van der Waals surface area contributed by atoms with E-state index in [-0.39, 0.29) is 62.9 Å². The summed E-state index contributed by atoms with van der Waals surface area (Å²) in [4.78, 5) is 10.7. The Morgan fingerprint density at radius 1 is 1.38 bits per heavy atom. The van der Waals surface area contributed by atoms with Crippen LogP contribution in [0.25, 0.3) is 5.73 Å². The molecule has 0 heterocycles. The van der Waals surface area contributed by atoms with Gasteiger partial charge >= 0.3 is 18.6 Å². The van der Waals surface area contributed by atoms with Crippen molar-refractivity contribution in [3.63, 3.8) is 0 Å². The van der Waals surface area contributed by atoms with Crippen molar-refractivity contribution in [1.29, 1.82) is 0 Å². The van der Waals surface area contributed by atoms with Crippen LogP contribution < -0.4 is 0 Å². The second-order valence-electron chi connectivity index (χ2n) is 2.36. The van der Waals surface area contributed by atoms with Crippen molar-refractivity contribution in [2.45, 2.75) is 13.7 Å². The van der Waals surface area contributed by atoms with E-state index in [4.69, 9.17) is 5.73 Å². The van der Waals surface area contributed by atoms with Crippen LogP contribution in [0.3, 0.4) is 0 Å². The van der Waals surface area contributed by atoms with Crippen molar-refractivity contribution in [3.05, 3.63) is 43.0 Å². The number of hydrogen-bond donors (Lipinski definition) is 1. The topological polar surface area (TPSA) is 40.9 Å². The number of carbonyl (C=O) groups is 1. The average Bonchev–Trinajstić information content (AvgIpc) is 2.06. The van der Waals surface area contributed by atoms with Gasteiger partial charge in [-0.15, -0.1) is 5.69 Å². The molecule has 6 heteroatoms. The SMILES string of the molecule is CC(=O)c1ccccc1[NH-].C[B]S.[CH3-].[U].[V+2]. The van der Waals surface area contributed by atoms with E-state index < -0.39 is 0 Å². The van der Waals surface area contributed by atoms with Crippen molar-refractivity contribution in [1.82, 2.24) is 0 Å². The summed E-state index contributed by atoms with van der Waals surface area (Å²) in [7, 11) is 0. The fourth-order valence-corrected chi connectivity index (χ4v) is 0.790. The van der Waals surface area contributed by atoms with Gasteiger partial charge in [0, 0.05) is 36.7 Å². The predicted molar refractivity (Wildman–Crippen MR) is 67.4 cm³/mol. The van der Waals surface area contributed by atoms with E-state index in [0.29, 0.717) is 11.3 Å². The van der Waals surface area contributed by atoms with Crippen LogP contribution in [0, 0.1) is 38.5 Å². The van der Waals surface area contributed by atoms with Gasteiger partial charge in [-0.1, -0.05) is 31.1 Å². The second-order valence-corrected chi connectivity index (χ2v) is 2.88. The van der Waals surface area contributed by atoms with E-state index in [9.17, 15) is 4.79 Å². The van der Waals surface area contributed by atoms with E-state index >= 15 is 0 Å². The monoisotopic (exact) mass is 497 g/mol. The van der Waals surface area contributed by atoms with Crippen molar-refractivity contribution in [2.75, 3.05) is 0 Å². The van der Waals surface area contributed by atoms with Gasteiger partial charge < -0.3 is 13.2 Å². The molecule has 1 aromatic carbocycles. The third-order valence-corrected chi connectivity index (χ3v) is 1.31. The Morgan fingerprint density at radius 2 is 1.75 bits per heavy atom. The van der Waals surface area contributed by atoms with Gasteiger partial charge in [0.25, 0.3) is 0 Å². The Kier molecular flexibility index (Phi) is 25.1. The maximum absolute atomic E-state index is 10.7. The molecule has 1 aromatic rings. The largest absolute Gasteiger partial charge is 2.00 e. The second kappa shape index (κ2) is 15.7. The Labute approximate surface area is 140 Å². The Balaban J connectivity index is -0.000000109. The molecule has 0 atom stereocenters. The number of benzene rings is 1. The van der Waals surface area contributed by atoms with Gasteiger partial charge in [-0.3, -0.25) is 4.79 Å². The molecular weight excluding hydrogens is 482 g/mol. The first-order chi connectivity index (χ1) is 6.13.